The van der Waals surface area contributed by atoms with Crippen molar-refractivity contribution in [1.82, 2.24) is 15.3 Å². The molecule has 0 radical (unpaired) electrons. The highest BCUT2D eigenvalue weighted by Gasteiger charge is 2.23. The van der Waals surface area contributed by atoms with Crippen LogP contribution < -0.4 is 14.8 Å². The number of anilines is 1. The van der Waals surface area contributed by atoms with Gasteiger partial charge in [-0.2, -0.15) is 4.98 Å². The van der Waals surface area contributed by atoms with E-state index in [4.69, 9.17) is 4.74 Å². The van der Waals surface area contributed by atoms with Gasteiger partial charge < -0.3 is 10.1 Å². The van der Waals surface area contributed by atoms with Gasteiger partial charge in [-0.1, -0.05) is 56.0 Å². The first-order chi connectivity index (χ1) is 17.0. The topological polar surface area (TPSA) is 110 Å². The lowest BCUT2D eigenvalue weighted by Gasteiger charge is -2.19. The van der Waals surface area contributed by atoms with Crippen LogP contribution in [0.5, 0.6) is 5.88 Å². The Morgan fingerprint density at radius 1 is 0.914 bits per heavy atom. The highest BCUT2D eigenvalue weighted by molar-refractivity contribution is 7.92. The molecule has 9 heteroatoms. The van der Waals surface area contributed by atoms with E-state index in [2.05, 4.69) is 26.1 Å². The van der Waals surface area contributed by atoms with Gasteiger partial charge in [-0.25, -0.2) is 18.1 Å². The molecule has 3 heterocycles. The summed E-state index contributed by atoms with van der Waals surface area (Å²) in [6.07, 6.45) is 7.00. The molecule has 0 unspecified atom stereocenters. The predicted molar refractivity (Wildman–Crippen MR) is 133 cm³/mol. The summed E-state index contributed by atoms with van der Waals surface area (Å²) in [5.41, 5.74) is 2.93. The lowest BCUT2D eigenvalue weighted by atomic mass is 9.98. The van der Waals surface area contributed by atoms with Gasteiger partial charge in [-0.05, 0) is 43.0 Å². The van der Waals surface area contributed by atoms with E-state index in [1.54, 1.807) is 18.2 Å². The molecule has 2 aromatic carbocycles. The minimum Gasteiger partial charge on any atom is -0.475 e. The number of carbonyl (C=O) groups excluding carboxylic acids is 1. The molecule has 3 aromatic rings. The van der Waals surface area contributed by atoms with Crippen molar-refractivity contribution in [3.8, 4) is 17.1 Å². The number of nitrogens with zero attached hydrogens (tertiary/aromatic N) is 2. The minimum absolute atomic E-state index is 0.0350. The van der Waals surface area contributed by atoms with E-state index in [0.717, 1.165) is 56.1 Å². The summed E-state index contributed by atoms with van der Waals surface area (Å²) in [7, 11) is -4.03. The van der Waals surface area contributed by atoms with Crippen molar-refractivity contribution in [1.29, 1.82) is 0 Å². The van der Waals surface area contributed by atoms with Gasteiger partial charge in [0.2, 0.25) is 11.8 Å². The van der Waals surface area contributed by atoms with Crippen LogP contribution in [-0.2, 0) is 16.4 Å². The van der Waals surface area contributed by atoms with Gasteiger partial charge in [0.15, 0.2) is 0 Å². The van der Waals surface area contributed by atoms with Crippen LogP contribution in [0.25, 0.3) is 11.3 Å². The quantitative estimate of drug-likeness (QED) is 0.483. The van der Waals surface area contributed by atoms with Gasteiger partial charge in [0.1, 0.15) is 6.61 Å². The fraction of sp³-hybridized carbons (Fsp3) is 0.346. The van der Waals surface area contributed by atoms with Crippen molar-refractivity contribution in [3.63, 3.8) is 0 Å². The zero-order chi connectivity index (χ0) is 24.3. The molecule has 1 amide bonds. The van der Waals surface area contributed by atoms with E-state index < -0.39 is 10.0 Å². The van der Waals surface area contributed by atoms with Crippen LogP contribution in [-0.4, -0.2) is 36.9 Å². The van der Waals surface area contributed by atoms with E-state index >= 15 is 0 Å². The summed E-state index contributed by atoms with van der Waals surface area (Å²) in [4.78, 5) is 21.8. The normalized spacial score (nSPS) is 20.0. The summed E-state index contributed by atoms with van der Waals surface area (Å²) in [6.45, 7) is 0.218. The molecule has 0 saturated carbocycles. The summed E-state index contributed by atoms with van der Waals surface area (Å²) in [6, 6.07) is 15.5. The highest BCUT2D eigenvalue weighted by atomic mass is 32.2. The lowest BCUT2D eigenvalue weighted by molar-refractivity contribution is 0.0916. The molecule has 0 spiro atoms. The standard InChI is InChI=1S/C26H28N4O4S/c31-25-19-11-8-13-21(15-19)35(32,33)30-26-28-23-16-24(29-26)34-17-20(27-25)12-5-3-1-2-4-9-18-10-6-7-14-22(18)23/h6-8,10-11,13-16,20H,1-5,9,12,17H2,(H,27,31)(H,28,29,30)/t20-/m1/s1. The van der Waals surface area contributed by atoms with Crippen LogP contribution in [0.15, 0.2) is 59.5 Å². The molecular formula is C26H28N4O4S. The summed E-state index contributed by atoms with van der Waals surface area (Å²) < 4.78 is 34.8. The molecule has 2 aliphatic heterocycles. The molecule has 0 fully saturated rings. The molecule has 1 aromatic heterocycles. The molecular weight excluding hydrogens is 464 g/mol. The number of aromatic nitrogens is 2. The Kier molecular flexibility index (Phi) is 6.68. The zero-order valence-electron chi connectivity index (χ0n) is 19.4. The Hall–Kier alpha value is -3.46. The maximum atomic E-state index is 13.1. The fourth-order valence-corrected chi connectivity index (χ4v) is 5.53. The third-order valence-electron chi connectivity index (χ3n) is 6.39. The summed E-state index contributed by atoms with van der Waals surface area (Å²) in [5, 5.41) is 3.02. The number of amides is 1. The predicted octanol–water partition coefficient (Wildman–Crippen LogP) is 4.33. The van der Waals surface area contributed by atoms with E-state index in [0.29, 0.717) is 5.69 Å². The SMILES string of the molecule is O=C1N[C@@H]2CCCCCCCc3ccccc3-c3cc(nc(n3)NS(=O)(=O)c3cccc1c3)OC2. The van der Waals surface area contributed by atoms with E-state index in [9.17, 15) is 13.2 Å². The number of hydrogen-bond acceptors (Lipinski definition) is 6. The Balaban J connectivity index is 1.65. The van der Waals surface area contributed by atoms with E-state index in [-0.39, 0.29) is 40.8 Å². The number of carbonyl (C=O) groups is 1. The van der Waals surface area contributed by atoms with Gasteiger partial charge in [0.05, 0.1) is 16.6 Å². The maximum absolute atomic E-state index is 13.1. The van der Waals surface area contributed by atoms with Crippen LogP contribution >= 0.6 is 0 Å². The monoisotopic (exact) mass is 492 g/mol. The molecule has 182 valence electrons. The summed E-state index contributed by atoms with van der Waals surface area (Å²) in [5.74, 6) is -0.153. The van der Waals surface area contributed by atoms with Crippen LogP contribution in [0.2, 0.25) is 0 Å². The van der Waals surface area contributed by atoms with Crippen LogP contribution in [0.3, 0.4) is 0 Å². The molecule has 35 heavy (non-hydrogen) atoms. The third kappa shape index (κ3) is 5.45. The van der Waals surface area contributed by atoms with Gasteiger partial charge in [0, 0.05) is 17.2 Å². The first kappa shape index (κ1) is 23.3. The second-order valence-electron chi connectivity index (χ2n) is 8.99. The van der Waals surface area contributed by atoms with Crippen molar-refractivity contribution in [3.05, 3.63) is 65.7 Å². The fourth-order valence-electron chi connectivity index (χ4n) is 4.54. The number of ether oxygens (including phenoxy) is 1. The van der Waals surface area contributed by atoms with E-state index in [1.165, 1.54) is 12.1 Å². The molecule has 8 nitrogen and oxygen atoms in total. The second kappa shape index (κ2) is 10.0. The van der Waals surface area contributed by atoms with Crippen molar-refractivity contribution in [2.75, 3.05) is 11.3 Å². The van der Waals surface area contributed by atoms with Crippen molar-refractivity contribution in [2.24, 2.45) is 0 Å². The van der Waals surface area contributed by atoms with Crippen molar-refractivity contribution >= 4 is 21.9 Å². The summed E-state index contributed by atoms with van der Waals surface area (Å²) >= 11 is 0. The second-order valence-corrected chi connectivity index (χ2v) is 10.7. The molecule has 1 atom stereocenters. The first-order valence-electron chi connectivity index (χ1n) is 12.0. The number of aryl methyl sites for hydroxylation is 1. The Bertz CT molecular complexity index is 1340. The van der Waals surface area contributed by atoms with Crippen LogP contribution in [0.1, 0.15) is 54.4 Å². The number of benzene rings is 2. The average molecular weight is 493 g/mol. The molecule has 6 bridgehead atoms. The number of fused-ring (bicyclic) bond motifs is 8. The number of sulfonamides is 1. The zero-order valence-corrected chi connectivity index (χ0v) is 20.2. The Morgan fingerprint density at radius 2 is 1.74 bits per heavy atom. The van der Waals surface area contributed by atoms with E-state index in [1.807, 2.05) is 18.2 Å². The first-order valence-corrected chi connectivity index (χ1v) is 13.5. The molecule has 5 rings (SSSR count). The molecule has 2 aliphatic rings. The highest BCUT2D eigenvalue weighted by Crippen LogP contribution is 2.29. The third-order valence-corrected chi connectivity index (χ3v) is 7.72. The molecule has 0 aliphatic carbocycles. The largest absolute Gasteiger partial charge is 0.475 e. The molecule has 0 saturated heterocycles. The van der Waals surface area contributed by atoms with Crippen molar-refractivity contribution in [2.45, 2.75) is 55.9 Å². The molecule has 2 N–H and O–H groups in total. The Labute approximate surface area is 205 Å². The Morgan fingerprint density at radius 3 is 2.66 bits per heavy atom. The van der Waals surface area contributed by atoms with Gasteiger partial charge in [0.25, 0.3) is 15.9 Å². The van der Waals surface area contributed by atoms with Crippen molar-refractivity contribution < 1.29 is 17.9 Å². The number of nitrogens with one attached hydrogen (secondary N) is 2. The smallest absolute Gasteiger partial charge is 0.264 e. The lowest BCUT2D eigenvalue weighted by Crippen LogP contribution is -2.39. The maximum Gasteiger partial charge on any atom is 0.264 e. The minimum atomic E-state index is -4.03. The average Bonchev–Trinajstić information content (AvgIpc) is 2.85. The number of rotatable bonds is 0. The van der Waals surface area contributed by atoms with Gasteiger partial charge >= 0.3 is 0 Å². The van der Waals surface area contributed by atoms with Crippen LogP contribution in [0.4, 0.5) is 5.95 Å². The van der Waals surface area contributed by atoms with Gasteiger partial charge in [-0.15, -0.1) is 0 Å². The number of hydrogen-bond donors (Lipinski definition) is 2. The van der Waals surface area contributed by atoms with Gasteiger partial charge in [-0.3, -0.25) is 4.79 Å². The van der Waals surface area contributed by atoms with Crippen LogP contribution in [0, 0.1) is 0 Å².